The summed E-state index contributed by atoms with van der Waals surface area (Å²) in [7, 11) is 3.18. The number of carbonyl (C=O) groups is 1. The summed E-state index contributed by atoms with van der Waals surface area (Å²) in [5.74, 6) is 1.34. The van der Waals surface area contributed by atoms with Crippen LogP contribution in [0.1, 0.15) is 39.2 Å². The van der Waals surface area contributed by atoms with E-state index in [4.69, 9.17) is 9.47 Å². The van der Waals surface area contributed by atoms with Crippen LogP contribution in [0, 0.1) is 0 Å². The summed E-state index contributed by atoms with van der Waals surface area (Å²) in [5, 5.41) is 3.06. The molecular weight excluding hydrogens is 254 g/mol. The number of hydrogen-bond acceptors (Lipinski definition) is 3. The van der Waals surface area contributed by atoms with Crippen molar-refractivity contribution in [3.63, 3.8) is 0 Å². The van der Waals surface area contributed by atoms with Gasteiger partial charge in [0, 0.05) is 5.54 Å². The van der Waals surface area contributed by atoms with Crippen LogP contribution in [-0.2, 0) is 11.2 Å². The fourth-order valence-corrected chi connectivity index (χ4v) is 2.29. The van der Waals surface area contributed by atoms with Crippen LogP contribution in [0.5, 0.6) is 11.5 Å². The van der Waals surface area contributed by atoms with Crippen molar-refractivity contribution < 1.29 is 14.3 Å². The molecule has 0 fully saturated rings. The van der Waals surface area contributed by atoms with E-state index in [2.05, 4.69) is 12.2 Å². The average Bonchev–Trinajstić information content (AvgIpc) is 2.37. The summed E-state index contributed by atoms with van der Waals surface area (Å²) in [6.07, 6.45) is 2.35. The van der Waals surface area contributed by atoms with Crippen LogP contribution in [0.4, 0.5) is 0 Å². The molecular formula is C16H25NO3. The highest BCUT2D eigenvalue weighted by molar-refractivity contribution is 5.79. The molecule has 0 aliphatic rings. The third kappa shape index (κ3) is 4.76. The molecule has 112 valence electrons. The molecule has 0 atom stereocenters. The van der Waals surface area contributed by atoms with E-state index in [-0.39, 0.29) is 11.4 Å². The van der Waals surface area contributed by atoms with E-state index in [1.807, 2.05) is 32.0 Å². The summed E-state index contributed by atoms with van der Waals surface area (Å²) in [6.45, 7) is 6.20. The minimum atomic E-state index is -0.164. The van der Waals surface area contributed by atoms with Crippen LogP contribution in [0.15, 0.2) is 18.2 Å². The zero-order valence-electron chi connectivity index (χ0n) is 13.1. The molecule has 1 rings (SSSR count). The van der Waals surface area contributed by atoms with Crippen LogP contribution >= 0.6 is 0 Å². The minimum Gasteiger partial charge on any atom is -0.493 e. The Morgan fingerprint density at radius 2 is 1.85 bits per heavy atom. The van der Waals surface area contributed by atoms with Crippen molar-refractivity contribution in [1.82, 2.24) is 5.32 Å². The minimum absolute atomic E-state index is 0.0238. The molecule has 0 aromatic heterocycles. The number of nitrogens with one attached hydrogen (secondary N) is 1. The molecule has 4 heteroatoms. The summed E-state index contributed by atoms with van der Waals surface area (Å²) < 4.78 is 10.4. The lowest BCUT2D eigenvalue weighted by Crippen LogP contribution is -2.43. The number of rotatable bonds is 7. The van der Waals surface area contributed by atoms with E-state index in [0.717, 1.165) is 18.4 Å². The number of benzene rings is 1. The lowest BCUT2D eigenvalue weighted by atomic mass is 9.98. The van der Waals surface area contributed by atoms with Crippen LogP contribution in [-0.4, -0.2) is 25.7 Å². The molecule has 4 nitrogen and oxygen atoms in total. The Kier molecular flexibility index (Phi) is 5.86. The van der Waals surface area contributed by atoms with E-state index >= 15 is 0 Å². The van der Waals surface area contributed by atoms with E-state index in [0.29, 0.717) is 17.9 Å². The van der Waals surface area contributed by atoms with Gasteiger partial charge in [-0.25, -0.2) is 0 Å². The van der Waals surface area contributed by atoms with Gasteiger partial charge < -0.3 is 14.8 Å². The van der Waals surface area contributed by atoms with Crippen molar-refractivity contribution in [1.29, 1.82) is 0 Å². The third-order valence-electron chi connectivity index (χ3n) is 3.17. The molecule has 1 aromatic carbocycles. The first-order chi connectivity index (χ1) is 9.41. The predicted octanol–water partition coefficient (Wildman–Crippen LogP) is 2.94. The zero-order chi connectivity index (χ0) is 15.2. The molecule has 0 radical (unpaired) electrons. The molecule has 20 heavy (non-hydrogen) atoms. The molecule has 0 bridgehead atoms. The predicted molar refractivity (Wildman–Crippen MR) is 80.4 cm³/mol. The summed E-state index contributed by atoms with van der Waals surface area (Å²) in [4.78, 5) is 12.1. The molecule has 0 aliphatic carbocycles. The standard InChI is InChI=1S/C16H25NO3/c1-6-9-16(2,3)17-15(18)11-12-7-8-13(19-4)14(10-12)20-5/h7-8,10H,6,9,11H2,1-5H3,(H,17,18). The van der Waals surface area contributed by atoms with E-state index < -0.39 is 0 Å². The first kappa shape index (κ1) is 16.3. The van der Waals surface area contributed by atoms with Crippen molar-refractivity contribution >= 4 is 5.91 Å². The topological polar surface area (TPSA) is 47.6 Å². The quantitative estimate of drug-likeness (QED) is 0.834. The van der Waals surface area contributed by atoms with E-state index in [1.54, 1.807) is 14.2 Å². The molecule has 0 saturated carbocycles. The molecule has 0 aliphatic heterocycles. The summed E-state index contributed by atoms with van der Waals surface area (Å²) >= 11 is 0. The number of hydrogen-bond donors (Lipinski definition) is 1. The molecule has 0 heterocycles. The second-order valence-electron chi connectivity index (χ2n) is 5.55. The highest BCUT2D eigenvalue weighted by atomic mass is 16.5. The molecule has 1 amide bonds. The smallest absolute Gasteiger partial charge is 0.224 e. The molecule has 1 aromatic rings. The summed E-state index contributed by atoms with van der Waals surface area (Å²) in [5.41, 5.74) is 0.745. The van der Waals surface area contributed by atoms with Crippen molar-refractivity contribution in [2.45, 2.75) is 45.6 Å². The maximum Gasteiger partial charge on any atom is 0.224 e. The third-order valence-corrected chi connectivity index (χ3v) is 3.17. The number of ether oxygens (including phenoxy) is 2. The molecule has 0 saturated heterocycles. The maximum atomic E-state index is 12.1. The van der Waals surface area contributed by atoms with E-state index in [1.165, 1.54) is 0 Å². The van der Waals surface area contributed by atoms with Gasteiger partial charge in [-0.1, -0.05) is 19.4 Å². The first-order valence-corrected chi connectivity index (χ1v) is 6.93. The Labute approximate surface area is 121 Å². The molecule has 0 spiro atoms. The number of methoxy groups -OCH3 is 2. The van der Waals surface area contributed by atoms with Gasteiger partial charge in [-0.15, -0.1) is 0 Å². The lowest BCUT2D eigenvalue weighted by molar-refractivity contribution is -0.122. The van der Waals surface area contributed by atoms with Gasteiger partial charge in [-0.3, -0.25) is 4.79 Å². The van der Waals surface area contributed by atoms with Gasteiger partial charge in [0.15, 0.2) is 11.5 Å². The normalized spacial score (nSPS) is 11.1. The Balaban J connectivity index is 2.71. The second-order valence-corrected chi connectivity index (χ2v) is 5.55. The Morgan fingerprint density at radius 3 is 2.40 bits per heavy atom. The lowest BCUT2D eigenvalue weighted by Gasteiger charge is -2.25. The van der Waals surface area contributed by atoms with Gasteiger partial charge in [0.25, 0.3) is 0 Å². The van der Waals surface area contributed by atoms with Gasteiger partial charge in [-0.2, -0.15) is 0 Å². The monoisotopic (exact) mass is 279 g/mol. The highest BCUT2D eigenvalue weighted by Crippen LogP contribution is 2.27. The fraction of sp³-hybridized carbons (Fsp3) is 0.562. The Morgan fingerprint density at radius 1 is 1.20 bits per heavy atom. The Hall–Kier alpha value is -1.71. The Bertz CT molecular complexity index is 455. The van der Waals surface area contributed by atoms with Gasteiger partial charge in [0.05, 0.1) is 20.6 Å². The van der Waals surface area contributed by atoms with Crippen LogP contribution < -0.4 is 14.8 Å². The fourth-order valence-electron chi connectivity index (χ4n) is 2.29. The first-order valence-electron chi connectivity index (χ1n) is 6.93. The highest BCUT2D eigenvalue weighted by Gasteiger charge is 2.19. The largest absolute Gasteiger partial charge is 0.493 e. The van der Waals surface area contributed by atoms with Crippen molar-refractivity contribution in [3.05, 3.63) is 23.8 Å². The van der Waals surface area contributed by atoms with E-state index in [9.17, 15) is 4.79 Å². The van der Waals surface area contributed by atoms with Gasteiger partial charge in [-0.05, 0) is 38.0 Å². The molecule has 0 unspecified atom stereocenters. The van der Waals surface area contributed by atoms with Crippen molar-refractivity contribution in [3.8, 4) is 11.5 Å². The average molecular weight is 279 g/mol. The SMILES string of the molecule is CCCC(C)(C)NC(=O)Cc1ccc(OC)c(OC)c1. The summed E-state index contributed by atoms with van der Waals surface area (Å²) in [6, 6.07) is 5.54. The van der Waals surface area contributed by atoms with Gasteiger partial charge >= 0.3 is 0 Å². The maximum absolute atomic E-state index is 12.1. The van der Waals surface area contributed by atoms with Crippen LogP contribution in [0.25, 0.3) is 0 Å². The van der Waals surface area contributed by atoms with Crippen LogP contribution in [0.3, 0.4) is 0 Å². The zero-order valence-corrected chi connectivity index (χ0v) is 13.1. The van der Waals surface area contributed by atoms with Gasteiger partial charge in [0.1, 0.15) is 0 Å². The molecule has 1 N–H and O–H groups in total. The van der Waals surface area contributed by atoms with Crippen LogP contribution in [0.2, 0.25) is 0 Å². The van der Waals surface area contributed by atoms with Crippen molar-refractivity contribution in [2.24, 2.45) is 0 Å². The second kappa shape index (κ2) is 7.17. The number of carbonyl (C=O) groups excluding carboxylic acids is 1. The van der Waals surface area contributed by atoms with Crippen molar-refractivity contribution in [2.75, 3.05) is 14.2 Å². The number of amides is 1. The van der Waals surface area contributed by atoms with Gasteiger partial charge in [0.2, 0.25) is 5.91 Å².